The van der Waals surface area contributed by atoms with E-state index in [2.05, 4.69) is 47.7 Å². The van der Waals surface area contributed by atoms with Gasteiger partial charge in [-0.25, -0.2) is 5.43 Å². The third-order valence-corrected chi connectivity index (χ3v) is 6.61. The Labute approximate surface area is 233 Å². The number of amides is 2. The molecule has 0 aliphatic rings. The third-order valence-electron chi connectivity index (χ3n) is 5.49. The number of nitrogens with zero attached hydrogens (tertiary/aromatic N) is 1. The number of halogens is 2. The van der Waals surface area contributed by atoms with Gasteiger partial charge >= 0.3 is 0 Å². The molecular weight excluding hydrogens is 602 g/mol. The number of hydrogen-bond donors (Lipinski definition) is 2. The smallest absolute Gasteiger partial charge is 0.240 e. The predicted octanol–water partition coefficient (Wildman–Crippen LogP) is 6.68. The van der Waals surface area contributed by atoms with Crippen molar-refractivity contribution in [2.24, 2.45) is 5.10 Å². The summed E-state index contributed by atoms with van der Waals surface area (Å²) in [6.07, 6.45) is 1.59. The van der Waals surface area contributed by atoms with Gasteiger partial charge < -0.3 is 14.8 Å². The van der Waals surface area contributed by atoms with Crippen molar-refractivity contribution in [3.63, 3.8) is 0 Å². The molecule has 0 atom stereocenters. The first kappa shape index (κ1) is 28.4. The Balaban J connectivity index is 1.55. The lowest BCUT2D eigenvalue weighted by atomic mass is 10.1. The number of ether oxygens (including phenoxy) is 2. The molecule has 0 unspecified atom stereocenters. The molecule has 2 amide bonds. The van der Waals surface area contributed by atoms with Crippen molar-refractivity contribution >= 4 is 55.6 Å². The van der Waals surface area contributed by atoms with Crippen LogP contribution in [0.2, 0.25) is 0 Å². The molecule has 0 bridgehead atoms. The number of rotatable bonds is 11. The second kappa shape index (κ2) is 13.9. The summed E-state index contributed by atoms with van der Waals surface area (Å²) >= 11 is 6.97. The van der Waals surface area contributed by atoms with Gasteiger partial charge in [0.1, 0.15) is 6.61 Å². The van der Waals surface area contributed by atoms with E-state index in [0.29, 0.717) is 34.7 Å². The number of anilines is 1. The van der Waals surface area contributed by atoms with E-state index < -0.39 is 0 Å². The minimum Gasteiger partial charge on any atom is -0.490 e. The van der Waals surface area contributed by atoms with Crippen LogP contribution in [-0.2, 0) is 16.2 Å². The first-order chi connectivity index (χ1) is 17.8. The van der Waals surface area contributed by atoms with Crippen molar-refractivity contribution in [2.75, 3.05) is 11.9 Å². The summed E-state index contributed by atoms with van der Waals surface area (Å²) in [5, 5.41) is 6.88. The van der Waals surface area contributed by atoms with Crippen molar-refractivity contribution in [3.05, 3.63) is 85.8 Å². The molecule has 0 aliphatic carbocycles. The van der Waals surface area contributed by atoms with Crippen LogP contribution in [0.15, 0.2) is 68.6 Å². The van der Waals surface area contributed by atoms with Crippen LogP contribution in [0, 0.1) is 13.8 Å². The molecule has 0 saturated carbocycles. The number of nitrogens with one attached hydrogen (secondary N) is 2. The van der Waals surface area contributed by atoms with Crippen molar-refractivity contribution in [1.82, 2.24) is 5.43 Å². The van der Waals surface area contributed by atoms with Crippen LogP contribution in [0.4, 0.5) is 5.69 Å². The van der Waals surface area contributed by atoms with E-state index in [4.69, 9.17) is 9.47 Å². The van der Waals surface area contributed by atoms with E-state index in [1.807, 2.05) is 69.3 Å². The number of aryl methyl sites for hydroxylation is 1. The molecule has 37 heavy (non-hydrogen) atoms. The van der Waals surface area contributed by atoms with Gasteiger partial charge in [-0.3, -0.25) is 9.59 Å². The lowest BCUT2D eigenvalue weighted by molar-refractivity contribution is -0.124. The van der Waals surface area contributed by atoms with Gasteiger partial charge in [-0.05, 0) is 89.3 Å². The Hall–Kier alpha value is -3.17. The monoisotopic (exact) mass is 629 g/mol. The first-order valence-corrected chi connectivity index (χ1v) is 13.4. The summed E-state index contributed by atoms with van der Waals surface area (Å²) in [6.45, 7) is 6.67. The maximum atomic E-state index is 12.2. The molecule has 0 spiro atoms. The van der Waals surface area contributed by atoms with E-state index >= 15 is 0 Å². The largest absolute Gasteiger partial charge is 0.490 e. The standard InChI is InChI=1S/C28H29Br2N3O4/c1-4-36-25-15-21(14-23(30)28(25)37-17-20-8-10-22(29)11-9-20)16-31-33-27(35)13-12-26(34)32-24-7-5-6-18(2)19(24)3/h5-11,14-16H,4,12-13,17H2,1-3H3,(H,32,34)(H,33,35). The fourth-order valence-corrected chi connectivity index (χ4v) is 4.20. The van der Waals surface area contributed by atoms with Gasteiger partial charge in [-0.1, -0.05) is 40.2 Å². The van der Waals surface area contributed by atoms with E-state index in [9.17, 15) is 9.59 Å². The van der Waals surface area contributed by atoms with Crippen LogP contribution in [0.3, 0.4) is 0 Å². The molecule has 3 aromatic rings. The van der Waals surface area contributed by atoms with Gasteiger partial charge in [-0.15, -0.1) is 0 Å². The maximum absolute atomic E-state index is 12.2. The fraction of sp³-hybridized carbons (Fsp3) is 0.250. The van der Waals surface area contributed by atoms with Crippen molar-refractivity contribution in [1.29, 1.82) is 0 Å². The van der Waals surface area contributed by atoms with Crippen LogP contribution >= 0.6 is 31.9 Å². The zero-order chi connectivity index (χ0) is 26.8. The number of hydrogen-bond acceptors (Lipinski definition) is 5. The Morgan fingerprint density at radius 1 is 0.973 bits per heavy atom. The molecule has 0 aromatic heterocycles. The second-order valence-electron chi connectivity index (χ2n) is 8.27. The fourth-order valence-electron chi connectivity index (χ4n) is 3.36. The summed E-state index contributed by atoms with van der Waals surface area (Å²) in [4.78, 5) is 24.4. The average Bonchev–Trinajstić information content (AvgIpc) is 2.86. The highest BCUT2D eigenvalue weighted by atomic mass is 79.9. The van der Waals surface area contributed by atoms with Crippen molar-refractivity contribution in [2.45, 2.75) is 40.2 Å². The SMILES string of the molecule is CCOc1cc(C=NNC(=O)CCC(=O)Nc2cccc(C)c2C)cc(Br)c1OCc1ccc(Br)cc1. The van der Waals surface area contributed by atoms with E-state index in [1.54, 1.807) is 6.07 Å². The number of carbonyl (C=O) groups excluding carboxylic acids is 2. The molecule has 194 valence electrons. The topological polar surface area (TPSA) is 89.0 Å². The van der Waals surface area contributed by atoms with E-state index in [0.717, 1.165) is 26.9 Å². The number of hydrazone groups is 1. The molecule has 0 heterocycles. The Morgan fingerprint density at radius 3 is 2.43 bits per heavy atom. The molecule has 0 saturated heterocycles. The minimum atomic E-state index is -0.356. The summed E-state index contributed by atoms with van der Waals surface area (Å²) in [5.74, 6) is 0.563. The molecule has 7 nitrogen and oxygen atoms in total. The zero-order valence-electron chi connectivity index (χ0n) is 20.9. The molecular formula is C28H29Br2N3O4. The van der Waals surface area contributed by atoms with Crippen LogP contribution in [0.5, 0.6) is 11.5 Å². The van der Waals surface area contributed by atoms with Gasteiger partial charge in [0.2, 0.25) is 11.8 Å². The molecule has 9 heteroatoms. The molecule has 0 aliphatic heterocycles. The van der Waals surface area contributed by atoms with Crippen molar-refractivity contribution in [3.8, 4) is 11.5 Å². The van der Waals surface area contributed by atoms with Gasteiger partial charge in [0, 0.05) is 23.0 Å². The van der Waals surface area contributed by atoms with Gasteiger partial charge in [0.15, 0.2) is 11.5 Å². The predicted molar refractivity (Wildman–Crippen MR) is 153 cm³/mol. The highest BCUT2D eigenvalue weighted by molar-refractivity contribution is 9.10. The first-order valence-electron chi connectivity index (χ1n) is 11.8. The number of carbonyl (C=O) groups is 2. The third kappa shape index (κ3) is 8.72. The molecule has 0 radical (unpaired) electrons. The van der Waals surface area contributed by atoms with Crippen LogP contribution < -0.4 is 20.2 Å². The molecule has 0 fully saturated rings. The highest BCUT2D eigenvalue weighted by Gasteiger charge is 2.13. The van der Waals surface area contributed by atoms with Gasteiger partial charge in [0.05, 0.1) is 17.3 Å². The maximum Gasteiger partial charge on any atom is 0.240 e. The van der Waals surface area contributed by atoms with Gasteiger partial charge in [-0.2, -0.15) is 5.10 Å². The molecule has 2 N–H and O–H groups in total. The van der Waals surface area contributed by atoms with Gasteiger partial charge in [0.25, 0.3) is 0 Å². The van der Waals surface area contributed by atoms with E-state index in [-0.39, 0.29) is 24.7 Å². The molecule has 3 rings (SSSR count). The Kier molecular flexibility index (Phi) is 10.7. The van der Waals surface area contributed by atoms with Crippen LogP contribution in [-0.4, -0.2) is 24.6 Å². The Bertz CT molecular complexity index is 1280. The summed E-state index contributed by atoms with van der Waals surface area (Å²) in [5.41, 5.74) is 7.05. The Morgan fingerprint density at radius 2 is 1.70 bits per heavy atom. The summed E-state index contributed by atoms with van der Waals surface area (Å²) in [6, 6.07) is 17.2. The summed E-state index contributed by atoms with van der Waals surface area (Å²) < 4.78 is 13.5. The van der Waals surface area contributed by atoms with Crippen LogP contribution in [0.1, 0.15) is 42.0 Å². The summed E-state index contributed by atoms with van der Waals surface area (Å²) in [7, 11) is 0. The van der Waals surface area contributed by atoms with Crippen molar-refractivity contribution < 1.29 is 19.1 Å². The van der Waals surface area contributed by atoms with Crippen LogP contribution in [0.25, 0.3) is 0 Å². The molecule has 3 aromatic carbocycles. The highest BCUT2D eigenvalue weighted by Crippen LogP contribution is 2.37. The number of benzene rings is 3. The van der Waals surface area contributed by atoms with E-state index in [1.165, 1.54) is 6.21 Å². The normalized spacial score (nSPS) is 10.8. The second-order valence-corrected chi connectivity index (χ2v) is 10.0. The lowest BCUT2D eigenvalue weighted by Crippen LogP contribution is -2.21. The quantitative estimate of drug-likeness (QED) is 0.183. The lowest BCUT2D eigenvalue weighted by Gasteiger charge is -2.14. The minimum absolute atomic E-state index is 0.0186. The average molecular weight is 631 g/mol. The zero-order valence-corrected chi connectivity index (χ0v) is 24.1.